The van der Waals surface area contributed by atoms with E-state index >= 15 is 0 Å². The number of rotatable bonds is 0. The first kappa shape index (κ1) is 15.6. The molecular formula is C6H13O2. The second kappa shape index (κ2) is 77.4. The lowest BCUT2D eigenvalue weighted by molar-refractivity contribution is 0.212. The van der Waals surface area contributed by atoms with Gasteiger partial charge in [0, 0.05) is 0 Å². The quantitative estimate of drug-likeness (QED) is 0.461. The summed E-state index contributed by atoms with van der Waals surface area (Å²) in [5, 5.41) is 17.2. The molecule has 0 unspecified atom stereocenters. The van der Waals surface area contributed by atoms with Crippen LogP contribution in [0.3, 0.4) is 0 Å². The van der Waals surface area contributed by atoms with Crippen molar-refractivity contribution in [3.05, 3.63) is 19.6 Å². The molecule has 0 rings (SSSR count). The fourth-order valence-corrected chi connectivity index (χ4v) is 0. The molecule has 0 saturated heterocycles. The molecule has 0 bridgehead atoms. The van der Waals surface area contributed by atoms with Gasteiger partial charge in [-0.1, -0.05) is 6.08 Å². The molecule has 8 heavy (non-hydrogen) atoms. The predicted octanol–water partition coefficient (Wildman–Crippen LogP) is 1.49. The van der Waals surface area contributed by atoms with Gasteiger partial charge in [-0.05, 0) is 13.8 Å². The summed E-state index contributed by atoms with van der Waals surface area (Å²) >= 11 is 0. The lowest BCUT2D eigenvalue weighted by atomic mass is 10.8. The Morgan fingerprint density at radius 2 is 1.50 bits per heavy atom. The molecule has 49 valence electrons. The van der Waals surface area contributed by atoms with Gasteiger partial charge in [-0.15, -0.1) is 6.58 Å². The second-order valence-electron chi connectivity index (χ2n) is 0.577. The summed E-state index contributed by atoms with van der Waals surface area (Å²) in [6.45, 7) is 8.07. The van der Waals surface area contributed by atoms with E-state index in [1.807, 2.05) is 0 Å². The molecule has 3 radical (unpaired) electrons. The lowest BCUT2D eigenvalue weighted by Gasteiger charge is -1.45. The van der Waals surface area contributed by atoms with E-state index in [-0.39, 0.29) is 6.61 Å². The summed E-state index contributed by atoms with van der Waals surface area (Å²) in [6, 6.07) is 0. The van der Waals surface area contributed by atoms with Gasteiger partial charge in [-0.2, -0.15) is 0 Å². The van der Waals surface area contributed by atoms with E-state index in [9.17, 15) is 0 Å². The maximum atomic E-state index is 8.93. The van der Waals surface area contributed by atoms with Gasteiger partial charge in [0.25, 0.3) is 0 Å². The van der Waals surface area contributed by atoms with Crippen molar-refractivity contribution < 1.29 is 10.2 Å². The molecule has 0 saturated carbocycles. The molecule has 0 N–H and O–H groups in total. The van der Waals surface area contributed by atoms with Crippen LogP contribution >= 0.6 is 0 Å². The average Bonchev–Trinajstić information content (AvgIpc) is 1.75. The van der Waals surface area contributed by atoms with Crippen molar-refractivity contribution in [2.75, 3.05) is 13.7 Å². The highest BCUT2D eigenvalue weighted by atomic mass is 16.2. The smallest absolute Gasteiger partial charge is 0.0794 e. The van der Waals surface area contributed by atoms with Crippen LogP contribution < -0.4 is 0 Å². The highest BCUT2D eigenvalue weighted by molar-refractivity contribution is 4.66. The summed E-state index contributed by atoms with van der Waals surface area (Å²) in [5.74, 6) is 0. The third-order valence-corrected chi connectivity index (χ3v) is 0. The van der Waals surface area contributed by atoms with Crippen LogP contribution in [0.5, 0.6) is 0 Å². The predicted molar refractivity (Wildman–Crippen MR) is 33.4 cm³/mol. The molecule has 0 aliphatic rings. The standard InChI is InChI=1S/C3H5.C2H5O.CH3O/c1-3-2;1-2-3;1-2/h3H,1-2H2;2H2,1H3;1H3. The third-order valence-electron chi connectivity index (χ3n) is 0. The van der Waals surface area contributed by atoms with Crippen molar-refractivity contribution in [1.29, 1.82) is 0 Å². The molecule has 0 fully saturated rings. The molecule has 2 nitrogen and oxygen atoms in total. The van der Waals surface area contributed by atoms with Gasteiger partial charge in [-0.25, -0.2) is 10.2 Å². The Bertz CT molecular complexity index is 20.5. The fourth-order valence-electron chi connectivity index (χ4n) is 0. The Morgan fingerprint density at radius 1 is 1.50 bits per heavy atom. The minimum absolute atomic E-state index is 0. The van der Waals surface area contributed by atoms with Crippen LogP contribution in [0.2, 0.25) is 0 Å². The van der Waals surface area contributed by atoms with Gasteiger partial charge >= 0.3 is 0 Å². The molecule has 0 aliphatic carbocycles. The largest absolute Gasteiger partial charge is 0.240 e. The Hall–Kier alpha value is -0.340. The van der Waals surface area contributed by atoms with Crippen molar-refractivity contribution >= 4 is 0 Å². The van der Waals surface area contributed by atoms with Crippen molar-refractivity contribution in [2.24, 2.45) is 0 Å². The average molecular weight is 117 g/mol. The monoisotopic (exact) mass is 117 g/mol. The molecule has 0 spiro atoms. The number of allylic oxidation sites excluding steroid dienone is 1. The van der Waals surface area contributed by atoms with Crippen molar-refractivity contribution in [1.82, 2.24) is 0 Å². The van der Waals surface area contributed by atoms with Crippen molar-refractivity contribution in [3.63, 3.8) is 0 Å². The van der Waals surface area contributed by atoms with Crippen LogP contribution in [-0.4, -0.2) is 13.7 Å². The molecule has 0 heterocycles. The normalized spacial score (nSPS) is 4.62. The fraction of sp³-hybridized carbons (Fsp3) is 0.500. The van der Waals surface area contributed by atoms with E-state index in [4.69, 9.17) is 10.2 Å². The Morgan fingerprint density at radius 3 is 1.50 bits per heavy atom. The summed E-state index contributed by atoms with van der Waals surface area (Å²) in [6.07, 6.45) is 1.50. The first-order valence-corrected chi connectivity index (χ1v) is 2.22. The summed E-state index contributed by atoms with van der Waals surface area (Å²) in [7, 11) is 0.750. The van der Waals surface area contributed by atoms with Gasteiger partial charge in [-0.3, -0.25) is 0 Å². The van der Waals surface area contributed by atoms with Crippen LogP contribution in [0, 0.1) is 6.92 Å². The maximum absolute atomic E-state index is 8.93. The van der Waals surface area contributed by atoms with Crippen molar-refractivity contribution in [2.45, 2.75) is 6.92 Å². The SMILES string of the molecule is CC[O].C[O].[CH2]C=C. The third kappa shape index (κ3) is 1060. The zero-order valence-electron chi connectivity index (χ0n) is 5.52. The van der Waals surface area contributed by atoms with E-state index in [0.717, 1.165) is 7.11 Å². The minimum atomic E-state index is 0. The summed E-state index contributed by atoms with van der Waals surface area (Å²) in [5.41, 5.74) is 0. The summed E-state index contributed by atoms with van der Waals surface area (Å²) < 4.78 is 0. The second-order valence-corrected chi connectivity index (χ2v) is 0.577. The highest BCUT2D eigenvalue weighted by Crippen LogP contribution is 1.36. The van der Waals surface area contributed by atoms with E-state index in [1.54, 1.807) is 6.92 Å². The molecule has 2 heteroatoms. The highest BCUT2D eigenvalue weighted by Gasteiger charge is 1.39. The van der Waals surface area contributed by atoms with Gasteiger partial charge in [0.1, 0.15) is 0 Å². The van der Waals surface area contributed by atoms with Gasteiger partial charge < -0.3 is 0 Å². The van der Waals surface area contributed by atoms with Crippen LogP contribution in [0.25, 0.3) is 0 Å². The first-order valence-electron chi connectivity index (χ1n) is 2.22. The molecule has 0 aromatic rings. The van der Waals surface area contributed by atoms with Gasteiger partial charge in [0.15, 0.2) is 0 Å². The first-order chi connectivity index (χ1) is 3.83. The van der Waals surface area contributed by atoms with E-state index in [1.165, 1.54) is 6.08 Å². The Kier molecular flexibility index (Phi) is 151. The molecule has 0 aromatic heterocycles. The van der Waals surface area contributed by atoms with E-state index < -0.39 is 0 Å². The topological polar surface area (TPSA) is 39.8 Å². The summed E-state index contributed by atoms with van der Waals surface area (Å²) in [4.78, 5) is 0. The van der Waals surface area contributed by atoms with E-state index in [0.29, 0.717) is 0 Å². The molecule has 0 amide bonds. The zero-order valence-corrected chi connectivity index (χ0v) is 5.52. The molecule has 0 atom stereocenters. The van der Waals surface area contributed by atoms with Crippen LogP contribution in [0.4, 0.5) is 0 Å². The van der Waals surface area contributed by atoms with Crippen LogP contribution in [0.1, 0.15) is 6.92 Å². The van der Waals surface area contributed by atoms with Crippen LogP contribution in [0.15, 0.2) is 12.7 Å². The van der Waals surface area contributed by atoms with Crippen LogP contribution in [-0.2, 0) is 10.2 Å². The Labute approximate surface area is 51.5 Å². The van der Waals surface area contributed by atoms with Gasteiger partial charge in [0.2, 0.25) is 0 Å². The molecular weight excluding hydrogens is 104 g/mol. The van der Waals surface area contributed by atoms with E-state index in [2.05, 4.69) is 13.5 Å². The minimum Gasteiger partial charge on any atom is -0.240 e. The van der Waals surface area contributed by atoms with Gasteiger partial charge in [0.05, 0.1) is 13.7 Å². The lowest BCUT2D eigenvalue weighted by Crippen LogP contribution is -1.52. The Balaban J connectivity index is -0.0000000483. The molecule has 0 aromatic carbocycles. The van der Waals surface area contributed by atoms with Crippen molar-refractivity contribution in [3.8, 4) is 0 Å². The maximum Gasteiger partial charge on any atom is 0.0794 e. The number of hydrogen-bond acceptors (Lipinski definition) is 0. The molecule has 0 aliphatic heterocycles. The number of hydrogen-bond donors (Lipinski definition) is 0. The zero-order chi connectivity index (χ0) is 7.41.